The summed E-state index contributed by atoms with van der Waals surface area (Å²) in [5.74, 6) is 6.58. The van der Waals surface area contributed by atoms with Crippen molar-refractivity contribution in [1.29, 1.82) is 0 Å². The SMILES string of the molecule is CC(C)N(CC#Cc1ccccc1)CC1CCCCN1. The summed E-state index contributed by atoms with van der Waals surface area (Å²) in [5.41, 5.74) is 1.10. The van der Waals surface area contributed by atoms with Gasteiger partial charge in [0.2, 0.25) is 0 Å². The number of hydrogen-bond acceptors (Lipinski definition) is 2. The van der Waals surface area contributed by atoms with Crippen LogP contribution >= 0.6 is 0 Å². The molecule has 20 heavy (non-hydrogen) atoms. The molecule has 1 aromatic carbocycles. The van der Waals surface area contributed by atoms with Crippen molar-refractivity contribution in [3.63, 3.8) is 0 Å². The van der Waals surface area contributed by atoms with Crippen molar-refractivity contribution in [3.8, 4) is 11.8 Å². The first-order valence-electron chi connectivity index (χ1n) is 7.77. The minimum Gasteiger partial charge on any atom is -0.313 e. The highest BCUT2D eigenvalue weighted by molar-refractivity contribution is 5.33. The van der Waals surface area contributed by atoms with Crippen molar-refractivity contribution < 1.29 is 0 Å². The van der Waals surface area contributed by atoms with Crippen LogP contribution in [-0.2, 0) is 0 Å². The molecule has 1 unspecified atom stereocenters. The molecule has 0 amide bonds. The molecule has 1 saturated heterocycles. The van der Waals surface area contributed by atoms with Crippen LogP contribution in [0.2, 0.25) is 0 Å². The quantitative estimate of drug-likeness (QED) is 0.846. The molecule has 1 aliphatic rings. The molecule has 0 spiro atoms. The Labute approximate surface area is 123 Å². The van der Waals surface area contributed by atoms with Gasteiger partial charge in [-0.1, -0.05) is 36.5 Å². The summed E-state index contributed by atoms with van der Waals surface area (Å²) in [6.07, 6.45) is 3.99. The number of hydrogen-bond donors (Lipinski definition) is 1. The van der Waals surface area contributed by atoms with Crippen molar-refractivity contribution in [1.82, 2.24) is 10.2 Å². The molecule has 0 saturated carbocycles. The zero-order chi connectivity index (χ0) is 14.2. The molecule has 1 N–H and O–H groups in total. The Hall–Kier alpha value is -1.30. The van der Waals surface area contributed by atoms with Gasteiger partial charge in [-0.15, -0.1) is 0 Å². The summed E-state index contributed by atoms with van der Waals surface area (Å²) < 4.78 is 0. The van der Waals surface area contributed by atoms with E-state index in [1.165, 1.54) is 25.8 Å². The summed E-state index contributed by atoms with van der Waals surface area (Å²) in [4.78, 5) is 2.47. The second kappa shape index (κ2) is 8.09. The van der Waals surface area contributed by atoms with Crippen LogP contribution in [0.1, 0.15) is 38.7 Å². The Morgan fingerprint density at radius 1 is 1.25 bits per heavy atom. The van der Waals surface area contributed by atoms with E-state index in [1.54, 1.807) is 0 Å². The fourth-order valence-corrected chi connectivity index (χ4v) is 2.59. The lowest BCUT2D eigenvalue weighted by atomic mass is 10.0. The molecule has 0 aromatic heterocycles. The number of nitrogens with one attached hydrogen (secondary N) is 1. The highest BCUT2D eigenvalue weighted by Gasteiger charge is 2.17. The summed E-state index contributed by atoms with van der Waals surface area (Å²) in [7, 11) is 0. The monoisotopic (exact) mass is 270 g/mol. The highest BCUT2D eigenvalue weighted by Crippen LogP contribution is 2.10. The summed E-state index contributed by atoms with van der Waals surface area (Å²) in [5, 5.41) is 3.62. The predicted octanol–water partition coefficient (Wildman–Crippen LogP) is 2.89. The minimum absolute atomic E-state index is 0.545. The Morgan fingerprint density at radius 2 is 2.05 bits per heavy atom. The zero-order valence-corrected chi connectivity index (χ0v) is 12.7. The molecule has 0 aliphatic carbocycles. The van der Waals surface area contributed by atoms with E-state index in [4.69, 9.17) is 0 Å². The smallest absolute Gasteiger partial charge is 0.0608 e. The van der Waals surface area contributed by atoms with Gasteiger partial charge in [-0.05, 0) is 45.4 Å². The first-order valence-corrected chi connectivity index (χ1v) is 7.77. The summed E-state index contributed by atoms with van der Waals surface area (Å²) in [6, 6.07) is 11.4. The molecule has 1 fully saturated rings. The van der Waals surface area contributed by atoms with Crippen LogP contribution in [0, 0.1) is 11.8 Å². The van der Waals surface area contributed by atoms with Gasteiger partial charge in [0.05, 0.1) is 6.54 Å². The molecule has 1 aliphatic heterocycles. The first kappa shape index (κ1) is 15.1. The predicted molar refractivity (Wildman–Crippen MR) is 85.7 cm³/mol. The lowest BCUT2D eigenvalue weighted by Gasteiger charge is -2.31. The Balaban J connectivity index is 1.87. The van der Waals surface area contributed by atoms with Crippen molar-refractivity contribution in [2.24, 2.45) is 0 Å². The van der Waals surface area contributed by atoms with Gasteiger partial charge in [0.25, 0.3) is 0 Å². The third-order valence-corrected chi connectivity index (χ3v) is 3.89. The molecule has 1 atom stereocenters. The average molecular weight is 270 g/mol. The second-order valence-corrected chi connectivity index (χ2v) is 5.84. The number of benzene rings is 1. The van der Waals surface area contributed by atoms with Gasteiger partial charge >= 0.3 is 0 Å². The van der Waals surface area contributed by atoms with Crippen molar-refractivity contribution in [2.75, 3.05) is 19.6 Å². The van der Waals surface area contributed by atoms with Gasteiger partial charge in [0.1, 0.15) is 0 Å². The van der Waals surface area contributed by atoms with Crippen LogP contribution in [0.3, 0.4) is 0 Å². The van der Waals surface area contributed by atoms with E-state index < -0.39 is 0 Å². The minimum atomic E-state index is 0.545. The van der Waals surface area contributed by atoms with E-state index in [2.05, 4.69) is 48.0 Å². The average Bonchev–Trinajstić information content (AvgIpc) is 2.48. The maximum Gasteiger partial charge on any atom is 0.0608 e. The highest BCUT2D eigenvalue weighted by atomic mass is 15.2. The third kappa shape index (κ3) is 5.00. The standard InChI is InChI=1S/C18H26N2/c1-16(2)20(15-18-12-6-7-13-19-18)14-8-11-17-9-4-3-5-10-17/h3-5,9-10,16,18-19H,6-7,12-15H2,1-2H3. The van der Waals surface area contributed by atoms with Gasteiger partial charge in [-0.2, -0.15) is 0 Å². The normalized spacial score (nSPS) is 18.9. The van der Waals surface area contributed by atoms with Crippen LogP contribution < -0.4 is 5.32 Å². The van der Waals surface area contributed by atoms with Gasteiger partial charge in [-0.25, -0.2) is 0 Å². The van der Waals surface area contributed by atoms with Crippen LogP contribution in [0.4, 0.5) is 0 Å². The fraction of sp³-hybridized carbons (Fsp3) is 0.556. The van der Waals surface area contributed by atoms with Crippen LogP contribution in [0.15, 0.2) is 30.3 Å². The largest absolute Gasteiger partial charge is 0.313 e. The Morgan fingerprint density at radius 3 is 2.70 bits per heavy atom. The van der Waals surface area contributed by atoms with Gasteiger partial charge in [0.15, 0.2) is 0 Å². The van der Waals surface area contributed by atoms with Crippen LogP contribution in [0.5, 0.6) is 0 Å². The molecular weight excluding hydrogens is 244 g/mol. The van der Waals surface area contributed by atoms with E-state index in [0.29, 0.717) is 12.1 Å². The molecule has 0 bridgehead atoms. The maximum absolute atomic E-state index is 3.62. The lowest BCUT2D eigenvalue weighted by Crippen LogP contribution is -2.46. The number of nitrogens with zero attached hydrogens (tertiary/aromatic N) is 1. The van der Waals surface area contributed by atoms with Crippen molar-refractivity contribution >= 4 is 0 Å². The topological polar surface area (TPSA) is 15.3 Å². The molecule has 2 rings (SSSR count). The molecular formula is C18H26N2. The summed E-state index contributed by atoms with van der Waals surface area (Å²) >= 11 is 0. The van der Waals surface area contributed by atoms with E-state index in [9.17, 15) is 0 Å². The molecule has 1 heterocycles. The molecule has 0 radical (unpaired) electrons. The van der Waals surface area contributed by atoms with Crippen LogP contribution in [0.25, 0.3) is 0 Å². The van der Waals surface area contributed by atoms with Gasteiger partial charge in [-0.3, -0.25) is 4.90 Å². The molecule has 1 aromatic rings. The second-order valence-electron chi connectivity index (χ2n) is 5.84. The zero-order valence-electron chi connectivity index (χ0n) is 12.7. The van der Waals surface area contributed by atoms with E-state index in [0.717, 1.165) is 18.7 Å². The summed E-state index contributed by atoms with van der Waals surface area (Å²) in [6.45, 7) is 7.65. The van der Waals surface area contributed by atoms with E-state index >= 15 is 0 Å². The van der Waals surface area contributed by atoms with Crippen molar-refractivity contribution in [3.05, 3.63) is 35.9 Å². The third-order valence-electron chi connectivity index (χ3n) is 3.89. The van der Waals surface area contributed by atoms with E-state index in [-0.39, 0.29) is 0 Å². The molecule has 108 valence electrons. The fourth-order valence-electron chi connectivity index (χ4n) is 2.59. The van der Waals surface area contributed by atoms with Crippen LogP contribution in [-0.4, -0.2) is 36.6 Å². The number of rotatable bonds is 4. The molecule has 2 heteroatoms. The van der Waals surface area contributed by atoms with Gasteiger partial charge in [0, 0.05) is 24.2 Å². The number of piperidine rings is 1. The lowest BCUT2D eigenvalue weighted by molar-refractivity contribution is 0.206. The molecule has 2 nitrogen and oxygen atoms in total. The van der Waals surface area contributed by atoms with E-state index in [1.807, 2.05) is 18.2 Å². The maximum atomic E-state index is 3.62. The first-order chi connectivity index (χ1) is 9.75. The Kier molecular flexibility index (Phi) is 6.11. The van der Waals surface area contributed by atoms with Crippen molar-refractivity contribution in [2.45, 2.75) is 45.2 Å². The van der Waals surface area contributed by atoms with Gasteiger partial charge < -0.3 is 5.32 Å². The Bertz CT molecular complexity index is 435.